The average Bonchev–Trinajstić information content (AvgIpc) is 1.56. The van der Waals surface area contributed by atoms with Crippen LogP contribution in [0, 0.1) is 26.7 Å². The van der Waals surface area contributed by atoms with Gasteiger partial charge in [0.2, 0.25) is 30.1 Å². The number of aryl methyl sites for hydroxylation is 6. The van der Waals surface area contributed by atoms with Gasteiger partial charge in [-0.2, -0.15) is 4.31 Å². The number of methoxy groups -OCH3 is 3. The van der Waals surface area contributed by atoms with Crippen LogP contribution in [0.2, 0.25) is 0 Å². The van der Waals surface area contributed by atoms with Crippen LogP contribution < -0.4 is 40.3 Å². The molecule has 0 atom stereocenters. The van der Waals surface area contributed by atoms with Gasteiger partial charge in [-0.15, -0.1) is 15.3 Å². The van der Waals surface area contributed by atoms with Crippen LogP contribution in [0.3, 0.4) is 0 Å². The Kier molecular flexibility index (Phi) is 26.9. The van der Waals surface area contributed by atoms with Gasteiger partial charge in [-0.3, -0.25) is 24.2 Å². The summed E-state index contributed by atoms with van der Waals surface area (Å²) >= 11 is 0. The van der Waals surface area contributed by atoms with Crippen LogP contribution in [0.4, 0.5) is 0 Å². The van der Waals surface area contributed by atoms with Gasteiger partial charge in [-0.05, 0) is 141 Å². The zero-order valence-corrected chi connectivity index (χ0v) is 64.9. The molecule has 106 heavy (non-hydrogen) atoms. The molecule has 0 radical (unpaired) electrons. The van der Waals surface area contributed by atoms with E-state index >= 15 is 0 Å². The molecule has 3 aliphatic heterocycles. The van der Waals surface area contributed by atoms with E-state index < -0.39 is 30.1 Å². The number of fused-ring (bicyclic) bond motifs is 3. The first kappa shape index (κ1) is 80.2. The van der Waals surface area contributed by atoms with Gasteiger partial charge in [0.1, 0.15) is 34.7 Å². The smallest absolute Gasteiger partial charge is 0.277 e. The Bertz CT molecular complexity index is 5100. The van der Waals surface area contributed by atoms with Gasteiger partial charge >= 0.3 is 0 Å². The van der Waals surface area contributed by atoms with Crippen molar-refractivity contribution in [3.05, 3.63) is 120 Å². The largest absolute Gasteiger partial charge is 0.493 e. The van der Waals surface area contributed by atoms with Crippen LogP contribution in [0.15, 0.2) is 83.7 Å². The molecule has 9 heterocycles. The standard InChI is InChI=1S/C24H34N6O5S.C24H33N5O5S.C23H32N6O5S/c1-5-8-21-25-16(3)22-24(31)26-23(27-30(21)22)19-13-18(9-10-20(19)35-6-2)36(32,33)28-17-14-29(15-17)11-7-12-34-4;1-5-8-21-25-16(3)22-24(30)26-23(27-29(21)22)19-13-18(10-11-20(19)34-6-2)35(31,32)28-14-17(15-28)9-7-12-33-4;1-5-7-20-24-15(3)21-23(30)25-22(26-29(20)21)18-12-17(8-9-19(18)34-6-2)35(31,32)27-16-13-28(14-16)10-11-33-4/h9-10,13,17,28H,5-8,11-12,14-15H2,1-4H3,(H,26,27,31);10-11,13,17H,5-9,12,14-15H2,1-4H3,(H,26,27,30);8-9,12,16,27H,5-7,10-11,13-14H2,1-4H3,(H,25,26,30). The van der Waals surface area contributed by atoms with Crippen molar-refractivity contribution in [2.24, 2.45) is 5.92 Å². The molecule has 5 N–H and O–H groups in total. The Morgan fingerprint density at radius 1 is 0.462 bits per heavy atom. The highest BCUT2D eigenvalue weighted by Gasteiger charge is 2.38. The Balaban J connectivity index is 0.000000170. The lowest BCUT2D eigenvalue weighted by atomic mass is 9.98. The van der Waals surface area contributed by atoms with Crippen LogP contribution >= 0.6 is 0 Å². The lowest BCUT2D eigenvalue weighted by Gasteiger charge is -2.39. The number of nitrogens with zero attached hydrogens (tertiary/aromatic N) is 12. The van der Waals surface area contributed by atoms with Crippen LogP contribution in [-0.4, -0.2) is 224 Å². The normalized spacial score (nSPS) is 14.9. The van der Waals surface area contributed by atoms with Gasteiger partial charge in [0.25, 0.3) is 16.7 Å². The number of nitrogens with one attached hydrogen (secondary N) is 5. The van der Waals surface area contributed by atoms with Gasteiger partial charge in [0, 0.05) is 118 Å². The van der Waals surface area contributed by atoms with Crippen molar-refractivity contribution in [1.82, 2.24) is 82.3 Å². The summed E-state index contributed by atoms with van der Waals surface area (Å²) in [5.41, 5.74) is 3.12. The molecule has 3 saturated heterocycles. The van der Waals surface area contributed by atoms with Crippen LogP contribution in [-0.2, 0) is 63.5 Å². The van der Waals surface area contributed by atoms with Crippen molar-refractivity contribution in [3.8, 4) is 51.4 Å². The Morgan fingerprint density at radius 3 is 1.17 bits per heavy atom. The molecule has 35 heteroatoms. The van der Waals surface area contributed by atoms with E-state index in [0.717, 1.165) is 51.6 Å². The van der Waals surface area contributed by atoms with E-state index in [1.54, 1.807) is 79.9 Å². The van der Waals surface area contributed by atoms with Crippen LogP contribution in [0.25, 0.3) is 50.7 Å². The fourth-order valence-corrected chi connectivity index (χ4v) is 17.2. The highest BCUT2D eigenvalue weighted by molar-refractivity contribution is 7.90. The predicted molar refractivity (Wildman–Crippen MR) is 400 cm³/mol. The van der Waals surface area contributed by atoms with E-state index in [1.165, 1.54) is 34.6 Å². The van der Waals surface area contributed by atoms with Crippen molar-refractivity contribution in [2.75, 3.05) is 113 Å². The van der Waals surface area contributed by atoms with Gasteiger partial charge in [0.05, 0.1) is 74.9 Å². The molecule has 3 aliphatic rings. The number of hydrogen-bond donors (Lipinski definition) is 5. The van der Waals surface area contributed by atoms with Crippen molar-refractivity contribution in [1.29, 1.82) is 0 Å². The van der Waals surface area contributed by atoms with Crippen molar-refractivity contribution >= 4 is 46.6 Å². The molecule has 576 valence electrons. The lowest BCUT2D eigenvalue weighted by Crippen LogP contribution is -2.59. The Labute approximate surface area is 617 Å². The minimum atomic E-state index is -3.79. The third kappa shape index (κ3) is 18.3. The van der Waals surface area contributed by atoms with Gasteiger partial charge < -0.3 is 43.4 Å². The minimum absolute atomic E-state index is 0.0737. The molecule has 12 rings (SSSR count). The average molecular weight is 1530 g/mol. The second-order valence-corrected chi connectivity index (χ2v) is 31.7. The monoisotopic (exact) mass is 1530 g/mol. The van der Waals surface area contributed by atoms with E-state index in [4.69, 9.17) is 28.4 Å². The number of benzene rings is 3. The SMILES string of the molecule is CCCc1nc(C)c2c(=O)[nH]c(-c3cc(S(=O)(=O)N4CC(CCCOC)C4)ccc3OCC)nn12.CCCc1nc(C)c2c(=O)[nH]c(-c3cc(S(=O)(=O)NC4CN(CCCOC)C4)ccc3OCC)nn12.CCCc1nc(C)c2c(=O)[nH]c(-c3cc(S(=O)(=O)NC4CN(CCOC)C4)ccc3OCC)nn12. The van der Waals surface area contributed by atoms with Crippen molar-refractivity contribution in [3.63, 3.8) is 0 Å². The summed E-state index contributed by atoms with van der Waals surface area (Å²) in [7, 11) is -6.30. The number of hydrogen-bond acceptors (Lipinski definition) is 23. The summed E-state index contributed by atoms with van der Waals surface area (Å²) < 4.78 is 123. The molecular formula is C71H99N17O15S3. The maximum Gasteiger partial charge on any atom is 0.277 e. The summed E-state index contributed by atoms with van der Waals surface area (Å²) in [5, 5.41) is 13.9. The Morgan fingerprint density at radius 2 is 0.811 bits per heavy atom. The molecular weight excluding hydrogens is 1430 g/mol. The first-order valence-electron chi connectivity index (χ1n) is 36.1. The van der Waals surface area contributed by atoms with E-state index in [9.17, 15) is 39.6 Å². The molecule has 0 saturated carbocycles. The molecule has 3 aromatic carbocycles. The molecule has 6 aromatic heterocycles. The summed E-state index contributed by atoms with van der Waals surface area (Å²) in [5.74, 6) is 4.36. The predicted octanol–water partition coefficient (Wildman–Crippen LogP) is 5.89. The lowest BCUT2D eigenvalue weighted by molar-refractivity contribution is 0.0909. The molecule has 0 bridgehead atoms. The zero-order chi connectivity index (χ0) is 76.2. The first-order valence-corrected chi connectivity index (χ1v) is 40.5. The van der Waals surface area contributed by atoms with Crippen molar-refractivity contribution in [2.45, 2.75) is 147 Å². The van der Waals surface area contributed by atoms with Gasteiger partial charge in [0.15, 0.2) is 34.0 Å². The number of ether oxygens (including phenoxy) is 6. The Hall–Kier alpha value is -8.36. The fraction of sp³-hybridized carbons (Fsp3) is 0.535. The number of rotatable bonds is 34. The maximum absolute atomic E-state index is 13.3. The highest BCUT2D eigenvalue weighted by atomic mass is 32.2. The molecule has 0 amide bonds. The number of sulfonamides is 3. The third-order valence-corrected chi connectivity index (χ3v) is 23.2. The van der Waals surface area contributed by atoms with E-state index in [0.29, 0.717) is 189 Å². The number of imidazole rings is 3. The van der Waals surface area contributed by atoms with Gasteiger partial charge in [-0.25, -0.2) is 63.2 Å². The zero-order valence-electron chi connectivity index (χ0n) is 62.4. The maximum atomic E-state index is 13.3. The van der Waals surface area contributed by atoms with Gasteiger partial charge in [-0.1, -0.05) is 20.8 Å². The second kappa shape index (κ2) is 35.6. The molecule has 32 nitrogen and oxygen atoms in total. The summed E-state index contributed by atoms with van der Waals surface area (Å²) in [6.45, 7) is 25.2. The second-order valence-electron chi connectivity index (χ2n) is 26.4. The minimum Gasteiger partial charge on any atom is -0.493 e. The summed E-state index contributed by atoms with van der Waals surface area (Å²) in [6.07, 6.45) is 7.27. The van der Waals surface area contributed by atoms with E-state index in [-0.39, 0.29) is 60.9 Å². The molecule has 0 spiro atoms. The van der Waals surface area contributed by atoms with Crippen LogP contribution in [0.5, 0.6) is 17.2 Å². The topological polar surface area (TPSA) is 381 Å². The first-order chi connectivity index (χ1) is 50.8. The number of aromatic amines is 3. The molecule has 9 aromatic rings. The van der Waals surface area contributed by atoms with E-state index in [2.05, 4.69) is 64.4 Å². The highest BCUT2D eigenvalue weighted by Crippen LogP contribution is 2.36. The number of likely N-dealkylation sites (tertiary alicyclic amines) is 2. The summed E-state index contributed by atoms with van der Waals surface area (Å²) in [6, 6.07) is 13.5. The van der Waals surface area contributed by atoms with Crippen LogP contribution in [0.1, 0.15) is 115 Å². The third-order valence-electron chi connectivity index (χ3n) is 18.3. The molecule has 3 fully saturated rings. The fourth-order valence-electron chi connectivity index (χ4n) is 13.1. The molecule has 0 aliphatic carbocycles. The van der Waals surface area contributed by atoms with Crippen molar-refractivity contribution < 1.29 is 53.7 Å². The number of aromatic nitrogens is 12. The number of H-pyrrole nitrogens is 3. The molecule has 0 unspecified atom stereocenters. The quantitative estimate of drug-likeness (QED) is 0.0294. The van der Waals surface area contributed by atoms with E-state index in [1.807, 2.05) is 41.5 Å². The summed E-state index contributed by atoms with van der Waals surface area (Å²) in [4.78, 5) is 65.3.